The van der Waals surface area contributed by atoms with Crippen LogP contribution in [0, 0.1) is 0 Å². The summed E-state index contributed by atoms with van der Waals surface area (Å²) >= 11 is 0. The molecule has 116 valence electrons. The van der Waals surface area contributed by atoms with Gasteiger partial charge in [-0.15, -0.1) is 0 Å². The summed E-state index contributed by atoms with van der Waals surface area (Å²) in [7, 11) is 0. The van der Waals surface area contributed by atoms with Crippen LogP contribution >= 0.6 is 0 Å². The highest BCUT2D eigenvalue weighted by atomic mass is 16.4. The van der Waals surface area contributed by atoms with Crippen LogP contribution in [-0.4, -0.2) is 16.1 Å². The topological polar surface area (TPSA) is 82.2 Å². The number of rotatable bonds is 4. The van der Waals surface area contributed by atoms with Gasteiger partial charge < -0.3 is 15.4 Å². The van der Waals surface area contributed by atoms with Crippen molar-refractivity contribution in [3.63, 3.8) is 0 Å². The first-order chi connectivity index (χ1) is 11.1. The van der Waals surface area contributed by atoms with E-state index in [2.05, 4.69) is 10.3 Å². The number of nitrogens with one attached hydrogen (secondary N) is 2. The number of carboxylic acid groups (broad SMARTS) is 1. The van der Waals surface area contributed by atoms with E-state index < -0.39 is 11.5 Å². The summed E-state index contributed by atoms with van der Waals surface area (Å²) in [5.74, 6) is -1.25. The molecule has 0 unspecified atom stereocenters. The Labute approximate surface area is 132 Å². The van der Waals surface area contributed by atoms with Gasteiger partial charge in [0.1, 0.15) is 5.56 Å². The number of benzene rings is 2. The fraction of sp³-hybridized carbons (Fsp3) is 0.111. The molecule has 0 aliphatic rings. The SMILES string of the molecule is C[C@@H](Nc1c(C(=O)O)c(=O)[nH]c2ccccc12)c1ccccc1. The molecule has 0 aliphatic carbocycles. The van der Waals surface area contributed by atoms with E-state index in [0.29, 0.717) is 16.6 Å². The summed E-state index contributed by atoms with van der Waals surface area (Å²) in [6.07, 6.45) is 0. The Kier molecular flexibility index (Phi) is 3.85. The Morgan fingerprint density at radius 1 is 1.09 bits per heavy atom. The Hall–Kier alpha value is -3.08. The molecule has 1 heterocycles. The monoisotopic (exact) mass is 308 g/mol. The number of para-hydroxylation sites is 1. The zero-order valence-electron chi connectivity index (χ0n) is 12.5. The molecule has 23 heavy (non-hydrogen) atoms. The minimum Gasteiger partial charge on any atom is -0.477 e. The van der Waals surface area contributed by atoms with Crippen LogP contribution in [0.15, 0.2) is 59.4 Å². The van der Waals surface area contributed by atoms with Gasteiger partial charge in [0.05, 0.1) is 11.2 Å². The normalized spacial score (nSPS) is 12.0. The number of hydrogen-bond acceptors (Lipinski definition) is 3. The predicted molar refractivity (Wildman–Crippen MR) is 90.0 cm³/mol. The van der Waals surface area contributed by atoms with Crippen molar-refractivity contribution < 1.29 is 9.90 Å². The first kappa shape index (κ1) is 14.8. The van der Waals surface area contributed by atoms with Gasteiger partial charge in [-0.25, -0.2) is 4.79 Å². The van der Waals surface area contributed by atoms with E-state index in [4.69, 9.17) is 0 Å². The third-order valence-electron chi connectivity index (χ3n) is 3.80. The highest BCUT2D eigenvalue weighted by Gasteiger charge is 2.20. The Morgan fingerprint density at radius 2 is 1.74 bits per heavy atom. The number of anilines is 1. The summed E-state index contributed by atoms with van der Waals surface area (Å²) in [5.41, 5.74) is 1.07. The molecule has 3 aromatic rings. The maximum absolute atomic E-state index is 12.1. The first-order valence-corrected chi connectivity index (χ1v) is 7.27. The number of carbonyl (C=O) groups is 1. The van der Waals surface area contributed by atoms with E-state index in [1.165, 1.54) is 0 Å². The average molecular weight is 308 g/mol. The number of hydrogen-bond donors (Lipinski definition) is 3. The summed E-state index contributed by atoms with van der Waals surface area (Å²) in [6, 6.07) is 16.7. The molecule has 0 saturated carbocycles. The van der Waals surface area contributed by atoms with E-state index in [9.17, 15) is 14.7 Å². The molecule has 1 aromatic heterocycles. The van der Waals surface area contributed by atoms with Gasteiger partial charge in [0.25, 0.3) is 5.56 Å². The third-order valence-corrected chi connectivity index (χ3v) is 3.80. The quantitative estimate of drug-likeness (QED) is 0.690. The van der Waals surface area contributed by atoms with Crippen LogP contribution in [0.2, 0.25) is 0 Å². The van der Waals surface area contributed by atoms with Crippen LogP contribution in [0.4, 0.5) is 5.69 Å². The van der Waals surface area contributed by atoms with E-state index >= 15 is 0 Å². The molecule has 0 amide bonds. The molecule has 0 radical (unpaired) electrons. The molecule has 5 heteroatoms. The number of carboxylic acids is 1. The van der Waals surface area contributed by atoms with Crippen molar-refractivity contribution in [2.45, 2.75) is 13.0 Å². The van der Waals surface area contributed by atoms with Crippen LogP contribution in [0.1, 0.15) is 28.9 Å². The van der Waals surface area contributed by atoms with Gasteiger partial charge in [-0.05, 0) is 18.6 Å². The first-order valence-electron chi connectivity index (χ1n) is 7.27. The van der Waals surface area contributed by atoms with Gasteiger partial charge in [0.15, 0.2) is 0 Å². The van der Waals surface area contributed by atoms with E-state index in [-0.39, 0.29) is 11.6 Å². The fourth-order valence-electron chi connectivity index (χ4n) is 2.64. The second-order valence-electron chi connectivity index (χ2n) is 5.33. The molecular formula is C18H16N2O3. The predicted octanol–water partition coefficient (Wildman–Crippen LogP) is 3.40. The molecule has 0 fully saturated rings. The van der Waals surface area contributed by atoms with Crippen LogP contribution in [0.5, 0.6) is 0 Å². The smallest absolute Gasteiger partial charge is 0.343 e. The molecule has 3 rings (SSSR count). The third kappa shape index (κ3) is 2.81. The van der Waals surface area contributed by atoms with E-state index in [1.807, 2.05) is 43.3 Å². The van der Waals surface area contributed by atoms with Crippen molar-refractivity contribution in [3.8, 4) is 0 Å². The van der Waals surface area contributed by atoms with E-state index in [1.54, 1.807) is 18.2 Å². The van der Waals surface area contributed by atoms with Gasteiger partial charge >= 0.3 is 5.97 Å². The van der Waals surface area contributed by atoms with Crippen LogP contribution in [-0.2, 0) is 0 Å². The standard InChI is InChI=1S/C18H16N2O3/c1-11(12-7-3-2-4-8-12)19-16-13-9-5-6-10-14(13)20-17(21)15(16)18(22)23/h2-11H,1H3,(H,22,23)(H2,19,20,21)/t11-/m1/s1. The Bertz CT molecular complexity index is 916. The summed E-state index contributed by atoms with van der Waals surface area (Å²) in [5, 5.41) is 13.3. The van der Waals surface area contributed by atoms with Gasteiger partial charge in [0, 0.05) is 11.4 Å². The highest BCUT2D eigenvalue weighted by molar-refractivity contribution is 6.04. The van der Waals surface area contributed by atoms with Crippen molar-refractivity contribution in [3.05, 3.63) is 76.1 Å². The van der Waals surface area contributed by atoms with Gasteiger partial charge in [-0.2, -0.15) is 0 Å². The minimum absolute atomic E-state index is 0.139. The zero-order valence-corrected chi connectivity index (χ0v) is 12.5. The Morgan fingerprint density at radius 3 is 2.43 bits per heavy atom. The number of aromatic nitrogens is 1. The van der Waals surface area contributed by atoms with Crippen LogP contribution in [0.3, 0.4) is 0 Å². The van der Waals surface area contributed by atoms with Gasteiger partial charge in [0.2, 0.25) is 0 Å². The molecule has 3 N–H and O–H groups in total. The second-order valence-corrected chi connectivity index (χ2v) is 5.33. The number of H-pyrrole nitrogens is 1. The average Bonchev–Trinajstić information content (AvgIpc) is 2.55. The number of aromatic amines is 1. The fourth-order valence-corrected chi connectivity index (χ4v) is 2.64. The molecule has 5 nitrogen and oxygen atoms in total. The highest BCUT2D eigenvalue weighted by Crippen LogP contribution is 2.27. The van der Waals surface area contributed by atoms with Crippen molar-refractivity contribution in [1.82, 2.24) is 4.98 Å². The van der Waals surface area contributed by atoms with Crippen molar-refractivity contribution in [1.29, 1.82) is 0 Å². The molecule has 2 aromatic carbocycles. The maximum atomic E-state index is 12.1. The summed E-state index contributed by atoms with van der Waals surface area (Å²) < 4.78 is 0. The lowest BCUT2D eigenvalue weighted by molar-refractivity contribution is 0.0696. The zero-order chi connectivity index (χ0) is 16.4. The lowest BCUT2D eigenvalue weighted by Crippen LogP contribution is -2.22. The largest absolute Gasteiger partial charge is 0.477 e. The molecule has 1 atom stereocenters. The maximum Gasteiger partial charge on any atom is 0.343 e. The number of fused-ring (bicyclic) bond motifs is 1. The minimum atomic E-state index is -1.25. The molecular weight excluding hydrogens is 292 g/mol. The molecule has 0 aliphatic heterocycles. The second kappa shape index (κ2) is 5.96. The molecule has 0 bridgehead atoms. The van der Waals surface area contributed by atoms with Crippen molar-refractivity contribution in [2.24, 2.45) is 0 Å². The van der Waals surface area contributed by atoms with Crippen LogP contribution in [0.25, 0.3) is 10.9 Å². The molecule has 0 saturated heterocycles. The van der Waals surface area contributed by atoms with Crippen molar-refractivity contribution in [2.75, 3.05) is 5.32 Å². The lowest BCUT2D eigenvalue weighted by atomic mass is 10.0. The van der Waals surface area contributed by atoms with E-state index in [0.717, 1.165) is 5.56 Å². The number of pyridine rings is 1. The Balaban J connectivity index is 2.17. The summed E-state index contributed by atoms with van der Waals surface area (Å²) in [4.78, 5) is 26.3. The van der Waals surface area contributed by atoms with Crippen LogP contribution < -0.4 is 10.9 Å². The van der Waals surface area contributed by atoms with Gasteiger partial charge in [-0.1, -0.05) is 48.5 Å². The summed E-state index contributed by atoms with van der Waals surface area (Å²) in [6.45, 7) is 1.93. The molecule has 0 spiro atoms. The van der Waals surface area contributed by atoms with Gasteiger partial charge in [-0.3, -0.25) is 4.79 Å². The lowest BCUT2D eigenvalue weighted by Gasteiger charge is -2.18. The van der Waals surface area contributed by atoms with Crippen molar-refractivity contribution >= 4 is 22.6 Å². The number of aromatic carboxylic acids is 1.